The lowest BCUT2D eigenvalue weighted by molar-refractivity contribution is -0.126. The molecule has 1 aliphatic heterocycles. The van der Waals surface area contributed by atoms with Crippen LogP contribution in [0, 0.1) is 6.42 Å². The maximum absolute atomic E-state index is 11.8. The molecule has 1 aliphatic rings. The van der Waals surface area contributed by atoms with Gasteiger partial charge in [0.2, 0.25) is 5.91 Å². The van der Waals surface area contributed by atoms with Crippen LogP contribution in [0.25, 0.3) is 0 Å². The summed E-state index contributed by atoms with van der Waals surface area (Å²) in [5.41, 5.74) is 5.89. The van der Waals surface area contributed by atoms with E-state index in [1.165, 1.54) is 0 Å². The van der Waals surface area contributed by atoms with Gasteiger partial charge in [-0.2, -0.15) is 0 Å². The number of carbonyl (C=O) groups excluding carboxylic acids is 2. The van der Waals surface area contributed by atoms with Crippen molar-refractivity contribution in [2.45, 2.75) is 6.42 Å². The predicted octanol–water partition coefficient (Wildman–Crippen LogP) is 1.42. The molecular weight excluding hydrogens is 264 g/mol. The second-order valence-corrected chi connectivity index (χ2v) is 5.19. The lowest BCUT2D eigenvalue weighted by atomic mass is 10.1. The summed E-state index contributed by atoms with van der Waals surface area (Å²) in [5.74, 6) is 2.26. The number of ether oxygens (including phenoxy) is 1. The van der Waals surface area contributed by atoms with Gasteiger partial charge < -0.3 is 15.4 Å². The lowest BCUT2D eigenvalue weighted by Crippen LogP contribution is -2.28. The molecule has 101 valence electrons. The third kappa shape index (κ3) is 4.17. The lowest BCUT2D eigenvalue weighted by Gasteiger charge is -2.13. The molecule has 0 aliphatic carbocycles. The third-order valence-corrected chi connectivity index (χ3v) is 3.68. The van der Waals surface area contributed by atoms with Gasteiger partial charge in [0.15, 0.2) is 0 Å². The number of nitrogens with zero attached hydrogens (tertiary/aromatic N) is 1. The molecule has 0 atom stereocenters. The fraction of sp³-hybridized carbons (Fsp3) is 0.308. The van der Waals surface area contributed by atoms with Crippen LogP contribution in [0.4, 0.5) is 4.79 Å². The van der Waals surface area contributed by atoms with E-state index in [1.54, 1.807) is 42.4 Å². The van der Waals surface area contributed by atoms with Gasteiger partial charge in [-0.05, 0) is 24.1 Å². The average Bonchev–Trinajstić information content (AvgIpc) is 2.91. The van der Waals surface area contributed by atoms with Crippen molar-refractivity contribution in [3.63, 3.8) is 0 Å². The van der Waals surface area contributed by atoms with Gasteiger partial charge in [-0.1, -0.05) is 12.1 Å². The van der Waals surface area contributed by atoms with Gasteiger partial charge in [-0.15, -0.1) is 11.8 Å². The van der Waals surface area contributed by atoms with Crippen LogP contribution in [0.3, 0.4) is 0 Å². The monoisotopic (exact) mass is 279 g/mol. The molecule has 19 heavy (non-hydrogen) atoms. The van der Waals surface area contributed by atoms with Crippen molar-refractivity contribution in [3.05, 3.63) is 36.2 Å². The Morgan fingerprint density at radius 2 is 2.11 bits per heavy atom. The number of hydrogen-bond donors (Lipinski definition) is 1. The van der Waals surface area contributed by atoms with Gasteiger partial charge in [0.1, 0.15) is 5.75 Å². The van der Waals surface area contributed by atoms with Crippen LogP contribution in [-0.4, -0.2) is 35.1 Å². The van der Waals surface area contributed by atoms with Gasteiger partial charge in [0.05, 0.1) is 12.3 Å². The van der Waals surface area contributed by atoms with Gasteiger partial charge in [0, 0.05) is 12.3 Å². The maximum atomic E-state index is 11.8. The Bertz CT molecular complexity index is 455. The number of rotatable bonds is 4. The molecule has 1 aromatic carbocycles. The van der Waals surface area contributed by atoms with E-state index in [1.807, 2.05) is 4.90 Å². The summed E-state index contributed by atoms with van der Waals surface area (Å²) < 4.78 is 4.73. The molecule has 1 fully saturated rings. The topological polar surface area (TPSA) is 72.6 Å². The Morgan fingerprint density at radius 3 is 2.68 bits per heavy atom. The predicted molar refractivity (Wildman–Crippen MR) is 73.7 cm³/mol. The molecule has 0 unspecified atom stereocenters. The highest BCUT2D eigenvalue weighted by molar-refractivity contribution is 7.99. The number of amides is 2. The molecule has 2 N–H and O–H groups in total. The fourth-order valence-electron chi connectivity index (χ4n) is 1.73. The minimum Gasteiger partial charge on any atom is -0.411 e. The molecular formula is C13H15N2O3S. The summed E-state index contributed by atoms with van der Waals surface area (Å²) in [4.78, 5) is 24.2. The molecule has 2 rings (SSSR count). The summed E-state index contributed by atoms with van der Waals surface area (Å²) in [6.07, 6.45) is 1.41. The maximum Gasteiger partial charge on any atom is 0.409 e. The molecule has 1 heterocycles. The SMILES string of the molecule is NC(=O)Oc1ccc(C[CH]C(=O)N2CCSC2)cc1. The molecule has 1 radical (unpaired) electrons. The van der Waals surface area contributed by atoms with E-state index in [2.05, 4.69) is 0 Å². The van der Waals surface area contributed by atoms with Gasteiger partial charge in [-0.3, -0.25) is 4.79 Å². The molecule has 6 heteroatoms. The Balaban J connectivity index is 1.82. The molecule has 0 saturated carbocycles. The average molecular weight is 279 g/mol. The molecule has 1 saturated heterocycles. The van der Waals surface area contributed by atoms with E-state index in [9.17, 15) is 9.59 Å². The Morgan fingerprint density at radius 1 is 1.37 bits per heavy atom. The van der Waals surface area contributed by atoms with Crippen molar-refractivity contribution in [3.8, 4) is 5.75 Å². The van der Waals surface area contributed by atoms with Crippen molar-refractivity contribution < 1.29 is 14.3 Å². The second-order valence-electron chi connectivity index (χ2n) is 4.11. The van der Waals surface area contributed by atoms with Crippen molar-refractivity contribution in [1.29, 1.82) is 0 Å². The first-order valence-corrected chi connectivity index (χ1v) is 7.07. The summed E-state index contributed by atoms with van der Waals surface area (Å²) >= 11 is 1.76. The smallest absolute Gasteiger partial charge is 0.409 e. The highest BCUT2D eigenvalue weighted by Gasteiger charge is 2.17. The van der Waals surface area contributed by atoms with E-state index in [-0.39, 0.29) is 5.91 Å². The molecule has 5 nitrogen and oxygen atoms in total. The van der Waals surface area contributed by atoms with E-state index < -0.39 is 6.09 Å². The zero-order chi connectivity index (χ0) is 13.7. The van der Waals surface area contributed by atoms with Crippen LogP contribution in [0.15, 0.2) is 24.3 Å². The molecule has 0 bridgehead atoms. The standard InChI is InChI=1S/C13H15N2O3S/c14-13(17)18-11-4-1-10(2-5-11)3-6-12(16)15-7-8-19-9-15/h1-2,4-6H,3,7-9H2,(H2,14,17). The van der Waals surface area contributed by atoms with Crippen molar-refractivity contribution in [2.24, 2.45) is 5.73 Å². The van der Waals surface area contributed by atoms with E-state index in [0.717, 1.165) is 23.7 Å². The van der Waals surface area contributed by atoms with Crippen molar-refractivity contribution in [2.75, 3.05) is 18.2 Å². The first kappa shape index (κ1) is 13.7. The third-order valence-electron chi connectivity index (χ3n) is 2.72. The minimum atomic E-state index is -0.832. The zero-order valence-corrected chi connectivity index (χ0v) is 11.2. The summed E-state index contributed by atoms with van der Waals surface area (Å²) in [7, 11) is 0. The Hall–Kier alpha value is -1.69. The van der Waals surface area contributed by atoms with E-state index in [4.69, 9.17) is 10.5 Å². The second kappa shape index (κ2) is 6.47. The molecule has 0 aromatic heterocycles. The molecule has 2 amide bonds. The highest BCUT2D eigenvalue weighted by Crippen LogP contribution is 2.16. The molecule has 1 aromatic rings. The van der Waals surface area contributed by atoms with Crippen LogP contribution in [0.5, 0.6) is 5.75 Å². The van der Waals surface area contributed by atoms with E-state index in [0.29, 0.717) is 12.2 Å². The first-order chi connectivity index (χ1) is 9.15. The van der Waals surface area contributed by atoms with Crippen LogP contribution in [0.2, 0.25) is 0 Å². The quantitative estimate of drug-likeness (QED) is 0.904. The Labute approximate surface area is 116 Å². The summed E-state index contributed by atoms with van der Waals surface area (Å²) in [5, 5.41) is 0. The van der Waals surface area contributed by atoms with Crippen LogP contribution in [0.1, 0.15) is 5.56 Å². The summed E-state index contributed by atoms with van der Waals surface area (Å²) in [6, 6.07) is 6.93. The number of hydrogen-bond acceptors (Lipinski definition) is 4. The number of nitrogens with two attached hydrogens (primary N) is 1. The zero-order valence-electron chi connectivity index (χ0n) is 10.4. The Kier molecular flexibility index (Phi) is 4.68. The summed E-state index contributed by atoms with van der Waals surface area (Å²) in [6.45, 7) is 0.825. The first-order valence-electron chi connectivity index (χ1n) is 5.91. The minimum absolute atomic E-state index is 0.0717. The van der Waals surface area contributed by atoms with Crippen LogP contribution in [-0.2, 0) is 11.2 Å². The van der Waals surface area contributed by atoms with Crippen LogP contribution < -0.4 is 10.5 Å². The van der Waals surface area contributed by atoms with Crippen LogP contribution >= 0.6 is 11.8 Å². The number of carbonyl (C=O) groups is 2. The van der Waals surface area contributed by atoms with Crippen molar-refractivity contribution in [1.82, 2.24) is 4.90 Å². The van der Waals surface area contributed by atoms with Gasteiger partial charge in [0.25, 0.3) is 0 Å². The normalized spacial score (nSPS) is 14.4. The van der Waals surface area contributed by atoms with Crippen molar-refractivity contribution >= 4 is 23.8 Å². The fourth-order valence-corrected chi connectivity index (χ4v) is 2.69. The highest BCUT2D eigenvalue weighted by atomic mass is 32.2. The van der Waals surface area contributed by atoms with Gasteiger partial charge in [-0.25, -0.2) is 4.79 Å². The number of thioether (sulfide) groups is 1. The number of primary amides is 1. The van der Waals surface area contributed by atoms with Gasteiger partial charge >= 0.3 is 6.09 Å². The molecule has 0 spiro atoms. The largest absolute Gasteiger partial charge is 0.411 e. The van der Waals surface area contributed by atoms with E-state index >= 15 is 0 Å². The number of benzene rings is 1.